The normalized spacial score (nSPS) is 22.2. The standard InChI is InChI=1S/C11H21NO2/c1-4-10(13)11(14-5-2)6-8-12(3)9-7-11/h4-9H2,1-3H3. The van der Waals surface area contributed by atoms with E-state index in [-0.39, 0.29) is 5.78 Å². The van der Waals surface area contributed by atoms with E-state index in [4.69, 9.17) is 4.74 Å². The average Bonchev–Trinajstić information content (AvgIpc) is 2.21. The minimum absolute atomic E-state index is 0.271. The van der Waals surface area contributed by atoms with Crippen LogP contribution in [-0.4, -0.2) is 43.0 Å². The molecule has 1 saturated heterocycles. The van der Waals surface area contributed by atoms with Crippen molar-refractivity contribution >= 4 is 5.78 Å². The number of hydrogen-bond acceptors (Lipinski definition) is 3. The van der Waals surface area contributed by atoms with Crippen molar-refractivity contribution in [3.8, 4) is 0 Å². The topological polar surface area (TPSA) is 29.5 Å². The number of hydrogen-bond donors (Lipinski definition) is 0. The second kappa shape index (κ2) is 4.89. The molecule has 0 aliphatic carbocycles. The maximum atomic E-state index is 11.8. The summed E-state index contributed by atoms with van der Waals surface area (Å²) in [7, 11) is 2.09. The van der Waals surface area contributed by atoms with Crippen LogP contribution in [0.5, 0.6) is 0 Å². The number of Topliss-reactive ketones (excluding diaryl/α,β-unsaturated/α-hetero) is 1. The highest BCUT2D eigenvalue weighted by Crippen LogP contribution is 2.27. The zero-order valence-corrected chi connectivity index (χ0v) is 9.51. The van der Waals surface area contributed by atoms with Gasteiger partial charge in [-0.05, 0) is 26.8 Å². The summed E-state index contributed by atoms with van der Waals surface area (Å²) in [4.78, 5) is 14.1. The van der Waals surface area contributed by atoms with Crippen LogP contribution < -0.4 is 0 Å². The van der Waals surface area contributed by atoms with Gasteiger partial charge in [0.05, 0.1) is 0 Å². The lowest BCUT2D eigenvalue weighted by Gasteiger charge is -2.38. The molecule has 1 rings (SSSR count). The molecule has 0 amide bonds. The van der Waals surface area contributed by atoms with Gasteiger partial charge in [0.1, 0.15) is 5.60 Å². The molecule has 0 saturated carbocycles. The van der Waals surface area contributed by atoms with E-state index in [1.54, 1.807) is 0 Å². The van der Waals surface area contributed by atoms with Crippen molar-refractivity contribution in [3.05, 3.63) is 0 Å². The van der Waals surface area contributed by atoms with Crippen LogP contribution in [0.4, 0.5) is 0 Å². The van der Waals surface area contributed by atoms with Gasteiger partial charge >= 0.3 is 0 Å². The van der Waals surface area contributed by atoms with E-state index in [2.05, 4.69) is 11.9 Å². The van der Waals surface area contributed by atoms with E-state index in [0.717, 1.165) is 25.9 Å². The molecule has 0 spiro atoms. The zero-order chi connectivity index (χ0) is 10.6. The summed E-state index contributed by atoms with van der Waals surface area (Å²) in [5.41, 5.74) is -0.462. The Balaban J connectivity index is 2.67. The molecule has 82 valence electrons. The highest BCUT2D eigenvalue weighted by molar-refractivity contribution is 5.87. The third-order valence-electron chi connectivity index (χ3n) is 3.04. The molecule has 0 aromatic heterocycles. The number of carbonyl (C=O) groups excluding carboxylic acids is 1. The van der Waals surface area contributed by atoms with Crippen molar-refractivity contribution in [2.24, 2.45) is 0 Å². The summed E-state index contributed by atoms with van der Waals surface area (Å²) in [6, 6.07) is 0. The molecule has 0 unspecified atom stereocenters. The number of carbonyl (C=O) groups is 1. The SMILES string of the molecule is CCOC1(C(=O)CC)CCN(C)CC1. The van der Waals surface area contributed by atoms with Crippen molar-refractivity contribution in [2.45, 2.75) is 38.7 Å². The predicted molar refractivity (Wildman–Crippen MR) is 56.4 cm³/mol. The lowest BCUT2D eigenvalue weighted by atomic mass is 9.86. The van der Waals surface area contributed by atoms with Gasteiger partial charge in [-0.2, -0.15) is 0 Å². The van der Waals surface area contributed by atoms with E-state index in [1.165, 1.54) is 0 Å². The fourth-order valence-corrected chi connectivity index (χ4v) is 2.08. The molecule has 1 fully saturated rings. The zero-order valence-electron chi connectivity index (χ0n) is 9.51. The quantitative estimate of drug-likeness (QED) is 0.686. The third kappa shape index (κ3) is 2.34. The fraction of sp³-hybridized carbons (Fsp3) is 0.909. The van der Waals surface area contributed by atoms with Crippen molar-refractivity contribution in [1.29, 1.82) is 0 Å². The van der Waals surface area contributed by atoms with Crippen LogP contribution in [0.2, 0.25) is 0 Å². The van der Waals surface area contributed by atoms with E-state index < -0.39 is 5.60 Å². The smallest absolute Gasteiger partial charge is 0.164 e. The summed E-state index contributed by atoms with van der Waals surface area (Å²) in [6.07, 6.45) is 2.29. The molecule has 3 heteroatoms. The fourth-order valence-electron chi connectivity index (χ4n) is 2.08. The second-order valence-corrected chi connectivity index (χ2v) is 4.01. The van der Waals surface area contributed by atoms with Crippen LogP contribution in [0.1, 0.15) is 33.1 Å². The Labute approximate surface area is 86.4 Å². The minimum atomic E-state index is -0.462. The van der Waals surface area contributed by atoms with Crippen molar-refractivity contribution in [2.75, 3.05) is 26.7 Å². The Morgan fingerprint density at radius 2 is 1.93 bits per heavy atom. The molecule has 0 radical (unpaired) electrons. The van der Waals surface area contributed by atoms with Crippen molar-refractivity contribution in [1.82, 2.24) is 4.90 Å². The first-order valence-corrected chi connectivity index (χ1v) is 5.50. The molecule has 1 aliphatic rings. The number of likely N-dealkylation sites (tertiary alicyclic amines) is 1. The van der Waals surface area contributed by atoms with Crippen molar-refractivity contribution in [3.63, 3.8) is 0 Å². The lowest BCUT2D eigenvalue weighted by Crippen LogP contribution is -2.50. The molecular formula is C11H21NO2. The maximum absolute atomic E-state index is 11.8. The van der Waals surface area contributed by atoms with Gasteiger partial charge < -0.3 is 9.64 Å². The van der Waals surface area contributed by atoms with Gasteiger partial charge in [-0.15, -0.1) is 0 Å². The maximum Gasteiger partial charge on any atom is 0.164 e. The van der Waals surface area contributed by atoms with Gasteiger partial charge in [0, 0.05) is 26.1 Å². The molecule has 0 aromatic carbocycles. The van der Waals surface area contributed by atoms with Gasteiger partial charge in [-0.25, -0.2) is 0 Å². The van der Waals surface area contributed by atoms with Crippen LogP contribution in [0.3, 0.4) is 0 Å². The second-order valence-electron chi connectivity index (χ2n) is 4.01. The van der Waals surface area contributed by atoms with E-state index in [1.807, 2.05) is 13.8 Å². The molecule has 0 aromatic rings. The number of piperidine rings is 1. The molecule has 14 heavy (non-hydrogen) atoms. The number of nitrogens with zero attached hydrogens (tertiary/aromatic N) is 1. The number of ketones is 1. The first-order chi connectivity index (χ1) is 6.64. The van der Waals surface area contributed by atoms with Crippen LogP contribution in [0, 0.1) is 0 Å². The van der Waals surface area contributed by atoms with Crippen LogP contribution in [0.15, 0.2) is 0 Å². The Bertz CT molecular complexity index is 195. The highest BCUT2D eigenvalue weighted by atomic mass is 16.5. The summed E-state index contributed by atoms with van der Waals surface area (Å²) < 4.78 is 5.70. The van der Waals surface area contributed by atoms with Crippen LogP contribution in [0.25, 0.3) is 0 Å². The van der Waals surface area contributed by atoms with E-state index in [0.29, 0.717) is 13.0 Å². The molecule has 3 nitrogen and oxygen atoms in total. The Hall–Kier alpha value is -0.410. The first kappa shape index (κ1) is 11.7. The Kier molecular flexibility index (Phi) is 4.08. The molecule has 1 aliphatic heterocycles. The van der Waals surface area contributed by atoms with Gasteiger partial charge in [0.25, 0.3) is 0 Å². The predicted octanol–water partition coefficient (Wildman–Crippen LogP) is 1.47. The number of ether oxygens (including phenoxy) is 1. The van der Waals surface area contributed by atoms with E-state index >= 15 is 0 Å². The van der Waals surface area contributed by atoms with Crippen LogP contribution in [-0.2, 0) is 9.53 Å². The largest absolute Gasteiger partial charge is 0.367 e. The van der Waals surface area contributed by atoms with Crippen molar-refractivity contribution < 1.29 is 9.53 Å². The van der Waals surface area contributed by atoms with Gasteiger partial charge in [0.2, 0.25) is 0 Å². The minimum Gasteiger partial charge on any atom is -0.367 e. The van der Waals surface area contributed by atoms with E-state index in [9.17, 15) is 4.79 Å². The lowest BCUT2D eigenvalue weighted by molar-refractivity contribution is -0.150. The molecule has 0 N–H and O–H groups in total. The molecule has 0 bridgehead atoms. The third-order valence-corrected chi connectivity index (χ3v) is 3.04. The Morgan fingerprint density at radius 3 is 2.36 bits per heavy atom. The molecule has 1 heterocycles. The first-order valence-electron chi connectivity index (χ1n) is 5.50. The molecular weight excluding hydrogens is 178 g/mol. The summed E-state index contributed by atoms with van der Waals surface area (Å²) >= 11 is 0. The highest BCUT2D eigenvalue weighted by Gasteiger charge is 2.39. The monoisotopic (exact) mass is 199 g/mol. The average molecular weight is 199 g/mol. The van der Waals surface area contributed by atoms with Crippen LogP contribution >= 0.6 is 0 Å². The van der Waals surface area contributed by atoms with Gasteiger partial charge in [0.15, 0.2) is 5.78 Å². The Morgan fingerprint density at radius 1 is 1.36 bits per heavy atom. The van der Waals surface area contributed by atoms with Gasteiger partial charge in [-0.3, -0.25) is 4.79 Å². The summed E-state index contributed by atoms with van der Waals surface area (Å²) in [5.74, 6) is 0.271. The number of rotatable bonds is 4. The summed E-state index contributed by atoms with van der Waals surface area (Å²) in [6.45, 7) is 6.44. The summed E-state index contributed by atoms with van der Waals surface area (Å²) in [5, 5.41) is 0. The van der Waals surface area contributed by atoms with Gasteiger partial charge in [-0.1, -0.05) is 6.92 Å². The molecule has 0 atom stereocenters.